The molecule has 0 unspecified atom stereocenters. The number of hydrogen-bond acceptors (Lipinski definition) is 13. The van der Waals surface area contributed by atoms with E-state index in [1.807, 2.05) is 0 Å². The number of ether oxygens (including phenoxy) is 6. The summed E-state index contributed by atoms with van der Waals surface area (Å²) in [6.45, 7) is 11.2. The van der Waals surface area contributed by atoms with Crippen molar-refractivity contribution in [2.24, 2.45) is 52.3 Å². The van der Waals surface area contributed by atoms with Crippen LogP contribution in [0.25, 0.3) is 0 Å². The van der Waals surface area contributed by atoms with Crippen LogP contribution in [0.5, 0.6) is 0 Å². The van der Waals surface area contributed by atoms with Crippen molar-refractivity contribution >= 4 is 0 Å². The number of aliphatic hydroxyl groups is 7. The van der Waals surface area contributed by atoms with E-state index in [-0.39, 0.29) is 16.9 Å². The molecule has 4 saturated carbocycles. The number of rotatable bonds is 5. The SMILES string of the molecule is C[C@H]1CC[C@@]2(OC1)O[C@H]1C[C@H]3[C@@H]4CC[C@@H]5C[C@@H](O[C@@H]6O[C@H](CO)[C@@H](O[C@@H]7O[C@@H](C)[C@H](O)[C@@H](O)[C@H]7O)[C@H](O)[C@H]6O)[C@@H](O)C[C@]5(C)[C@H]4CC[C@]3(C)[C@H]1[C@@H]2C. The molecule has 13 heteroatoms. The molecule has 0 aromatic carbocycles. The fraction of sp³-hybridized carbons (Fsp3) is 1.00. The van der Waals surface area contributed by atoms with Crippen LogP contribution >= 0.6 is 0 Å². The third kappa shape index (κ3) is 5.89. The number of hydrogen-bond donors (Lipinski definition) is 7. The van der Waals surface area contributed by atoms with Crippen molar-refractivity contribution in [3.05, 3.63) is 0 Å². The van der Waals surface area contributed by atoms with Gasteiger partial charge in [-0.25, -0.2) is 0 Å². The Morgan fingerprint density at radius 2 is 1.46 bits per heavy atom. The number of aliphatic hydroxyl groups excluding tert-OH is 7. The summed E-state index contributed by atoms with van der Waals surface area (Å²) in [5, 5.41) is 74.9. The second-order valence-electron chi connectivity index (χ2n) is 18.8. The first-order valence-corrected chi connectivity index (χ1v) is 20.2. The molecular formula is C39H64O13. The van der Waals surface area contributed by atoms with Gasteiger partial charge in [-0.2, -0.15) is 0 Å². The van der Waals surface area contributed by atoms with Gasteiger partial charge in [0.05, 0.1) is 37.6 Å². The first-order valence-electron chi connectivity index (χ1n) is 20.2. The van der Waals surface area contributed by atoms with E-state index >= 15 is 0 Å². The van der Waals surface area contributed by atoms with Crippen LogP contribution in [-0.2, 0) is 28.4 Å². The number of fused-ring (bicyclic) bond motifs is 7. The van der Waals surface area contributed by atoms with Crippen LogP contribution in [0, 0.1) is 52.3 Å². The van der Waals surface area contributed by atoms with Gasteiger partial charge in [0.25, 0.3) is 0 Å². The Hall–Kier alpha value is -0.520. The minimum atomic E-state index is -1.64. The molecule has 298 valence electrons. The van der Waals surface area contributed by atoms with Gasteiger partial charge in [0.2, 0.25) is 0 Å². The lowest BCUT2D eigenvalue weighted by Gasteiger charge is -2.62. The molecule has 8 rings (SSSR count). The van der Waals surface area contributed by atoms with Gasteiger partial charge in [-0.1, -0.05) is 27.7 Å². The van der Waals surface area contributed by atoms with Gasteiger partial charge >= 0.3 is 0 Å². The summed E-state index contributed by atoms with van der Waals surface area (Å²) < 4.78 is 36.9. The molecular weight excluding hydrogens is 676 g/mol. The van der Waals surface area contributed by atoms with Crippen molar-refractivity contribution in [1.29, 1.82) is 0 Å². The van der Waals surface area contributed by atoms with E-state index in [4.69, 9.17) is 28.4 Å². The summed E-state index contributed by atoms with van der Waals surface area (Å²) in [6, 6.07) is 0. The average Bonchev–Trinajstić information content (AvgIpc) is 3.56. The quantitative estimate of drug-likeness (QED) is 0.200. The second kappa shape index (κ2) is 13.8. The molecule has 23 atom stereocenters. The Morgan fingerprint density at radius 3 is 2.17 bits per heavy atom. The monoisotopic (exact) mass is 740 g/mol. The first kappa shape index (κ1) is 38.4. The summed E-state index contributed by atoms with van der Waals surface area (Å²) in [5.74, 6) is 3.00. The van der Waals surface area contributed by atoms with Gasteiger partial charge in [0, 0.05) is 12.3 Å². The predicted octanol–water partition coefficient (Wildman–Crippen LogP) is 1.44. The molecule has 4 heterocycles. The maximum Gasteiger partial charge on any atom is 0.187 e. The molecule has 0 aromatic heterocycles. The van der Waals surface area contributed by atoms with E-state index in [2.05, 4.69) is 27.7 Å². The van der Waals surface area contributed by atoms with Crippen LogP contribution in [0.1, 0.15) is 92.4 Å². The van der Waals surface area contributed by atoms with Crippen LogP contribution in [-0.4, -0.2) is 134 Å². The highest BCUT2D eigenvalue weighted by Crippen LogP contribution is 2.71. The molecule has 7 N–H and O–H groups in total. The molecule has 1 spiro atoms. The van der Waals surface area contributed by atoms with Crippen molar-refractivity contribution in [1.82, 2.24) is 0 Å². The Morgan fingerprint density at radius 1 is 0.731 bits per heavy atom. The van der Waals surface area contributed by atoms with Gasteiger partial charge in [0.1, 0.15) is 42.7 Å². The van der Waals surface area contributed by atoms with Gasteiger partial charge < -0.3 is 64.2 Å². The van der Waals surface area contributed by atoms with E-state index < -0.39 is 86.0 Å². The lowest BCUT2D eigenvalue weighted by Crippen LogP contribution is -2.65. The fourth-order valence-corrected chi connectivity index (χ4v) is 13.2. The molecule has 0 amide bonds. The molecule has 4 aliphatic heterocycles. The largest absolute Gasteiger partial charge is 0.394 e. The van der Waals surface area contributed by atoms with Crippen molar-refractivity contribution in [3.63, 3.8) is 0 Å². The normalized spacial score (nSPS) is 60.5. The van der Waals surface area contributed by atoms with E-state index in [1.165, 1.54) is 6.92 Å². The third-order valence-electron chi connectivity index (χ3n) is 16.2. The van der Waals surface area contributed by atoms with Gasteiger partial charge in [0.15, 0.2) is 18.4 Å². The lowest BCUT2D eigenvalue weighted by molar-refractivity contribution is -0.364. The minimum Gasteiger partial charge on any atom is -0.394 e. The van der Waals surface area contributed by atoms with Gasteiger partial charge in [-0.15, -0.1) is 0 Å². The van der Waals surface area contributed by atoms with Crippen molar-refractivity contribution in [2.75, 3.05) is 13.2 Å². The van der Waals surface area contributed by atoms with E-state index in [9.17, 15) is 35.7 Å². The molecule has 4 aliphatic carbocycles. The summed E-state index contributed by atoms with van der Waals surface area (Å²) in [7, 11) is 0. The zero-order chi connectivity index (χ0) is 37.1. The molecule has 0 bridgehead atoms. The Kier molecular flexibility index (Phi) is 10.2. The van der Waals surface area contributed by atoms with Gasteiger partial charge in [-0.3, -0.25) is 0 Å². The standard InChI is InChI=1S/C39H64O13/c1-17-8-11-39(47-16-17)18(2)28-26(52-39)13-23-21-7-6-20-12-25(24(41)14-38(20,5)22(21)9-10-37(23,28)4)49-36-33(46)31(44)34(27(15-40)50-36)51-35-32(45)30(43)29(42)19(3)48-35/h17-36,40-46H,6-16H2,1-5H3/t17-,18-,19-,20+,21+,22-,23-,24-,25+,26-,27+,28-,29-,30+,31+,32+,33+,34+,35-,36+,37-,38-,39+/m0/s1. The Balaban J connectivity index is 0.914. The van der Waals surface area contributed by atoms with Crippen LogP contribution in [0.3, 0.4) is 0 Å². The highest BCUT2D eigenvalue weighted by Gasteiger charge is 2.69. The first-order chi connectivity index (χ1) is 24.6. The summed E-state index contributed by atoms with van der Waals surface area (Å²) in [4.78, 5) is 0. The Labute approximate surface area is 307 Å². The van der Waals surface area contributed by atoms with E-state index in [0.29, 0.717) is 54.3 Å². The smallest absolute Gasteiger partial charge is 0.187 e. The zero-order valence-corrected chi connectivity index (χ0v) is 31.4. The summed E-state index contributed by atoms with van der Waals surface area (Å²) in [5.41, 5.74) is 0.149. The minimum absolute atomic E-state index is 0.0637. The zero-order valence-electron chi connectivity index (χ0n) is 31.4. The summed E-state index contributed by atoms with van der Waals surface area (Å²) >= 11 is 0. The van der Waals surface area contributed by atoms with Gasteiger partial charge in [-0.05, 0) is 105 Å². The van der Waals surface area contributed by atoms with E-state index in [0.717, 1.165) is 51.6 Å². The van der Waals surface area contributed by atoms with Crippen LogP contribution in [0.4, 0.5) is 0 Å². The highest BCUT2D eigenvalue weighted by molar-refractivity contribution is 5.16. The van der Waals surface area contributed by atoms with Crippen molar-refractivity contribution in [2.45, 2.75) is 178 Å². The van der Waals surface area contributed by atoms with Crippen LogP contribution in [0.15, 0.2) is 0 Å². The topological polar surface area (TPSA) is 197 Å². The fourth-order valence-electron chi connectivity index (χ4n) is 13.2. The summed E-state index contributed by atoms with van der Waals surface area (Å²) in [6.07, 6.45) is -6.26. The maximum atomic E-state index is 11.7. The maximum absolute atomic E-state index is 11.7. The molecule has 13 nitrogen and oxygen atoms in total. The Bertz CT molecular complexity index is 1280. The predicted molar refractivity (Wildman–Crippen MR) is 183 cm³/mol. The lowest BCUT2D eigenvalue weighted by atomic mass is 9.44. The van der Waals surface area contributed by atoms with Crippen molar-refractivity contribution < 1.29 is 64.2 Å². The van der Waals surface area contributed by atoms with E-state index in [1.54, 1.807) is 0 Å². The van der Waals surface area contributed by atoms with Crippen LogP contribution in [0.2, 0.25) is 0 Å². The molecule has 52 heavy (non-hydrogen) atoms. The second-order valence-corrected chi connectivity index (χ2v) is 18.8. The molecule has 4 saturated heterocycles. The van der Waals surface area contributed by atoms with Crippen molar-refractivity contribution in [3.8, 4) is 0 Å². The molecule has 8 aliphatic rings. The third-order valence-corrected chi connectivity index (χ3v) is 16.2. The van der Waals surface area contributed by atoms with Crippen LogP contribution < -0.4 is 0 Å². The molecule has 8 fully saturated rings. The molecule has 0 aromatic rings. The highest BCUT2D eigenvalue weighted by atomic mass is 16.7. The molecule has 0 radical (unpaired) electrons. The average molecular weight is 741 g/mol.